The average molecular weight is 262 g/mol. The predicted molar refractivity (Wildman–Crippen MR) is 63.2 cm³/mol. The van der Waals surface area contributed by atoms with Crippen LogP contribution in [0.5, 0.6) is 0 Å². The monoisotopic (exact) mass is 261 g/mol. The highest BCUT2D eigenvalue weighted by molar-refractivity contribution is 9.10. The largest absolute Gasteiger partial charge is 0.384 e. The van der Waals surface area contributed by atoms with E-state index in [-0.39, 0.29) is 0 Å². The molecule has 0 aliphatic rings. The third-order valence-electron chi connectivity index (χ3n) is 1.50. The summed E-state index contributed by atoms with van der Waals surface area (Å²) in [6.07, 6.45) is 3.79. The summed E-state index contributed by atoms with van der Waals surface area (Å²) in [5.74, 6) is 1.61. The Bertz CT molecular complexity index is 280. The zero-order valence-electron chi connectivity index (χ0n) is 7.38. The first-order valence-electron chi connectivity index (χ1n) is 3.88. The summed E-state index contributed by atoms with van der Waals surface area (Å²) >= 11 is 5.20. The van der Waals surface area contributed by atoms with Crippen LogP contribution in [-0.4, -0.2) is 23.5 Å². The topological polar surface area (TPSA) is 50.9 Å². The van der Waals surface area contributed by atoms with Crippen LogP contribution in [0.1, 0.15) is 0 Å². The second kappa shape index (κ2) is 5.34. The van der Waals surface area contributed by atoms with E-state index < -0.39 is 0 Å². The van der Waals surface area contributed by atoms with E-state index in [1.54, 1.807) is 18.0 Å². The van der Waals surface area contributed by atoms with E-state index >= 15 is 0 Å². The molecule has 0 aromatic carbocycles. The van der Waals surface area contributed by atoms with Gasteiger partial charge in [0, 0.05) is 24.6 Å². The van der Waals surface area contributed by atoms with Crippen molar-refractivity contribution in [3.8, 4) is 0 Å². The van der Waals surface area contributed by atoms with Gasteiger partial charge in [0.1, 0.15) is 5.82 Å². The van der Waals surface area contributed by atoms with Gasteiger partial charge in [-0.25, -0.2) is 4.98 Å². The molecule has 0 spiro atoms. The van der Waals surface area contributed by atoms with Crippen LogP contribution in [0.15, 0.2) is 16.7 Å². The van der Waals surface area contributed by atoms with Crippen molar-refractivity contribution in [1.29, 1.82) is 0 Å². The number of pyridine rings is 1. The zero-order chi connectivity index (χ0) is 9.68. The van der Waals surface area contributed by atoms with Gasteiger partial charge in [-0.05, 0) is 22.2 Å². The highest BCUT2D eigenvalue weighted by Gasteiger charge is 1.99. The van der Waals surface area contributed by atoms with Crippen molar-refractivity contribution < 1.29 is 0 Å². The van der Waals surface area contributed by atoms with Crippen molar-refractivity contribution in [2.24, 2.45) is 0 Å². The number of halogens is 1. The number of nitrogens with two attached hydrogens (primary N) is 1. The van der Waals surface area contributed by atoms with Crippen LogP contribution in [0.3, 0.4) is 0 Å². The quantitative estimate of drug-likeness (QED) is 0.817. The summed E-state index contributed by atoms with van der Waals surface area (Å²) in [6.45, 7) is 0.934. The Hall–Kier alpha value is -0.420. The van der Waals surface area contributed by atoms with Crippen molar-refractivity contribution in [2.45, 2.75) is 0 Å². The van der Waals surface area contributed by atoms with Gasteiger partial charge in [-0.3, -0.25) is 0 Å². The number of hydrogen-bond acceptors (Lipinski definition) is 4. The van der Waals surface area contributed by atoms with Gasteiger partial charge in [0.25, 0.3) is 0 Å². The van der Waals surface area contributed by atoms with Crippen LogP contribution >= 0.6 is 27.7 Å². The van der Waals surface area contributed by atoms with E-state index in [9.17, 15) is 0 Å². The molecule has 0 aliphatic carbocycles. The molecule has 0 saturated carbocycles. The fraction of sp³-hybridized carbons (Fsp3) is 0.375. The molecule has 13 heavy (non-hydrogen) atoms. The van der Waals surface area contributed by atoms with E-state index in [0.29, 0.717) is 5.82 Å². The molecular weight excluding hydrogens is 250 g/mol. The van der Waals surface area contributed by atoms with Gasteiger partial charge in [-0.2, -0.15) is 11.8 Å². The van der Waals surface area contributed by atoms with Crippen LogP contribution in [0.25, 0.3) is 0 Å². The molecule has 1 aromatic rings. The molecule has 3 N–H and O–H groups in total. The Morgan fingerprint density at radius 2 is 2.46 bits per heavy atom. The molecular formula is C8H12BrN3S. The third kappa shape index (κ3) is 3.44. The van der Waals surface area contributed by atoms with E-state index in [4.69, 9.17) is 5.73 Å². The first-order valence-corrected chi connectivity index (χ1v) is 6.06. The lowest BCUT2D eigenvalue weighted by Gasteiger charge is -2.07. The maximum atomic E-state index is 5.55. The molecule has 0 atom stereocenters. The number of nitrogens with zero attached hydrogens (tertiary/aromatic N) is 1. The van der Waals surface area contributed by atoms with E-state index in [0.717, 1.165) is 22.5 Å². The Morgan fingerprint density at radius 1 is 1.69 bits per heavy atom. The highest BCUT2D eigenvalue weighted by Crippen LogP contribution is 2.22. The summed E-state index contributed by atoms with van der Waals surface area (Å²) in [7, 11) is 0. The summed E-state index contributed by atoms with van der Waals surface area (Å²) < 4.78 is 0.947. The van der Waals surface area contributed by atoms with E-state index in [2.05, 4.69) is 32.5 Å². The molecule has 0 fully saturated rings. The van der Waals surface area contributed by atoms with Crippen LogP contribution in [0.4, 0.5) is 11.5 Å². The molecule has 1 rings (SSSR count). The second-order valence-electron chi connectivity index (χ2n) is 2.51. The fourth-order valence-electron chi connectivity index (χ4n) is 0.878. The lowest BCUT2D eigenvalue weighted by molar-refractivity contribution is 1.21. The maximum absolute atomic E-state index is 5.55. The molecule has 0 aliphatic heterocycles. The first-order chi connectivity index (χ1) is 6.24. The van der Waals surface area contributed by atoms with Crippen LogP contribution in [0, 0.1) is 0 Å². The SMILES string of the molecule is CSCCNc1cc(N)ncc1Br. The van der Waals surface area contributed by atoms with E-state index in [1.807, 2.05) is 6.07 Å². The molecule has 0 amide bonds. The summed E-state index contributed by atoms with van der Waals surface area (Å²) in [4.78, 5) is 3.95. The van der Waals surface area contributed by atoms with Crippen LogP contribution in [0.2, 0.25) is 0 Å². The number of rotatable bonds is 4. The third-order valence-corrected chi connectivity index (χ3v) is 2.74. The van der Waals surface area contributed by atoms with Crippen molar-refractivity contribution in [3.63, 3.8) is 0 Å². The van der Waals surface area contributed by atoms with Gasteiger partial charge in [-0.1, -0.05) is 0 Å². The highest BCUT2D eigenvalue weighted by atomic mass is 79.9. The molecule has 1 aromatic heterocycles. The molecule has 0 radical (unpaired) electrons. The Balaban J connectivity index is 2.59. The van der Waals surface area contributed by atoms with Crippen molar-refractivity contribution in [3.05, 3.63) is 16.7 Å². The average Bonchev–Trinajstić information content (AvgIpc) is 2.11. The standard InChI is InChI=1S/C8H12BrN3S/c1-13-3-2-11-7-4-8(10)12-5-6(7)9/h4-5H,2-3H2,1H3,(H3,10,11,12). The normalized spacial score (nSPS) is 10.0. The number of hydrogen-bond donors (Lipinski definition) is 2. The lowest BCUT2D eigenvalue weighted by atomic mass is 10.4. The van der Waals surface area contributed by atoms with Crippen LogP contribution < -0.4 is 11.1 Å². The minimum Gasteiger partial charge on any atom is -0.384 e. The number of aromatic nitrogens is 1. The predicted octanol–water partition coefficient (Wildman–Crippen LogP) is 2.20. The zero-order valence-corrected chi connectivity index (χ0v) is 9.78. The Kier molecular flexibility index (Phi) is 4.38. The van der Waals surface area contributed by atoms with E-state index in [1.165, 1.54) is 0 Å². The molecule has 5 heteroatoms. The van der Waals surface area contributed by atoms with Crippen molar-refractivity contribution in [1.82, 2.24) is 4.98 Å². The second-order valence-corrected chi connectivity index (χ2v) is 4.35. The van der Waals surface area contributed by atoms with Crippen molar-refractivity contribution in [2.75, 3.05) is 29.6 Å². The van der Waals surface area contributed by atoms with Crippen molar-refractivity contribution >= 4 is 39.2 Å². The minimum absolute atomic E-state index is 0.537. The Morgan fingerprint density at radius 3 is 3.15 bits per heavy atom. The van der Waals surface area contributed by atoms with Gasteiger partial charge < -0.3 is 11.1 Å². The molecule has 0 unspecified atom stereocenters. The fourth-order valence-corrected chi connectivity index (χ4v) is 1.54. The lowest BCUT2D eigenvalue weighted by Crippen LogP contribution is -2.05. The van der Waals surface area contributed by atoms with Gasteiger partial charge in [-0.15, -0.1) is 0 Å². The summed E-state index contributed by atoms with van der Waals surface area (Å²) in [6, 6.07) is 1.82. The Labute approximate surface area is 90.6 Å². The smallest absolute Gasteiger partial charge is 0.125 e. The molecule has 3 nitrogen and oxygen atoms in total. The number of thioether (sulfide) groups is 1. The number of anilines is 2. The molecule has 1 heterocycles. The molecule has 0 saturated heterocycles. The van der Waals surface area contributed by atoms with Gasteiger partial charge in [0.2, 0.25) is 0 Å². The van der Waals surface area contributed by atoms with Gasteiger partial charge in [0.15, 0.2) is 0 Å². The molecule has 0 bridgehead atoms. The number of nitrogen functional groups attached to an aromatic ring is 1. The summed E-state index contributed by atoms with van der Waals surface area (Å²) in [5, 5.41) is 3.27. The van der Waals surface area contributed by atoms with Crippen LogP contribution in [-0.2, 0) is 0 Å². The van der Waals surface area contributed by atoms with Gasteiger partial charge >= 0.3 is 0 Å². The van der Waals surface area contributed by atoms with Gasteiger partial charge in [0.05, 0.1) is 10.2 Å². The maximum Gasteiger partial charge on any atom is 0.125 e. The summed E-state index contributed by atoms with van der Waals surface area (Å²) in [5.41, 5.74) is 6.56. The molecule has 72 valence electrons. The number of nitrogens with one attached hydrogen (secondary N) is 1. The minimum atomic E-state index is 0.537. The first kappa shape index (κ1) is 10.7.